The number of hydrogen-bond donors (Lipinski definition) is 1. The van der Waals surface area contributed by atoms with Gasteiger partial charge in [0, 0.05) is 5.56 Å². The van der Waals surface area contributed by atoms with Crippen molar-refractivity contribution in [3.8, 4) is 0 Å². The van der Waals surface area contributed by atoms with Gasteiger partial charge < -0.3 is 5.41 Å². The lowest BCUT2D eigenvalue weighted by atomic mass is 10.1. The van der Waals surface area contributed by atoms with Gasteiger partial charge in [0.15, 0.2) is 0 Å². The molecule has 0 heterocycles. The van der Waals surface area contributed by atoms with E-state index in [0.29, 0.717) is 5.56 Å². The minimum atomic E-state index is -0.234. The first-order chi connectivity index (χ1) is 5.63. The maximum atomic E-state index is 11.1. The normalized spacial score (nSPS) is 9.50. The molecule has 2 nitrogen and oxygen atoms in total. The summed E-state index contributed by atoms with van der Waals surface area (Å²) < 4.78 is 0. The summed E-state index contributed by atoms with van der Waals surface area (Å²) >= 11 is 0. The van der Waals surface area contributed by atoms with Crippen LogP contribution in [0, 0.1) is 19.3 Å². The van der Waals surface area contributed by atoms with Crippen LogP contribution < -0.4 is 0 Å². The molecular formula is C10H11NO. The molecule has 0 fully saturated rings. The summed E-state index contributed by atoms with van der Waals surface area (Å²) in [5.41, 5.74) is 2.71. The molecule has 2 heteroatoms. The van der Waals surface area contributed by atoms with Crippen molar-refractivity contribution in [2.45, 2.75) is 13.8 Å². The molecule has 1 aromatic rings. The van der Waals surface area contributed by atoms with Gasteiger partial charge in [0.25, 0.3) is 0 Å². The van der Waals surface area contributed by atoms with Gasteiger partial charge >= 0.3 is 0 Å². The molecular weight excluding hydrogens is 150 g/mol. The summed E-state index contributed by atoms with van der Waals surface area (Å²) in [5.74, 6) is -0.234. The van der Waals surface area contributed by atoms with Crippen LogP contribution in [-0.2, 0) is 0 Å². The standard InChI is InChI=1S/C10H11NO/c1-7-3-8(2)5-9(4-7)10(12)6-11/h3-6,11H,1-2H3. The van der Waals surface area contributed by atoms with Crippen LogP contribution in [0.25, 0.3) is 0 Å². The average molecular weight is 161 g/mol. The van der Waals surface area contributed by atoms with E-state index in [0.717, 1.165) is 17.3 Å². The number of benzene rings is 1. The average Bonchev–Trinajstić information content (AvgIpc) is 2.01. The molecule has 0 amide bonds. The van der Waals surface area contributed by atoms with Crippen LogP contribution in [0.5, 0.6) is 0 Å². The first-order valence-corrected chi connectivity index (χ1v) is 3.76. The monoisotopic (exact) mass is 161 g/mol. The predicted molar refractivity (Wildman–Crippen MR) is 49.0 cm³/mol. The van der Waals surface area contributed by atoms with Crippen LogP contribution in [-0.4, -0.2) is 12.0 Å². The Labute approximate surface area is 71.7 Å². The predicted octanol–water partition coefficient (Wildman–Crippen LogP) is 2.14. The third-order valence-electron chi connectivity index (χ3n) is 1.64. The summed E-state index contributed by atoms with van der Waals surface area (Å²) in [7, 11) is 0. The Hall–Kier alpha value is -1.44. The number of ketones is 1. The fourth-order valence-electron chi connectivity index (χ4n) is 1.20. The maximum Gasteiger partial charge on any atom is 0.203 e. The lowest BCUT2D eigenvalue weighted by Crippen LogP contribution is -1.99. The van der Waals surface area contributed by atoms with Crippen LogP contribution in [0.2, 0.25) is 0 Å². The molecule has 1 aromatic carbocycles. The Morgan fingerprint density at radius 3 is 2.17 bits per heavy atom. The Kier molecular flexibility index (Phi) is 2.38. The highest BCUT2D eigenvalue weighted by Crippen LogP contribution is 2.08. The quantitative estimate of drug-likeness (QED) is 0.524. The maximum absolute atomic E-state index is 11.1. The minimum Gasteiger partial charge on any atom is -0.305 e. The first kappa shape index (κ1) is 8.65. The van der Waals surface area contributed by atoms with Gasteiger partial charge in [-0.1, -0.05) is 17.2 Å². The molecule has 0 unspecified atom stereocenters. The fraction of sp³-hybridized carbons (Fsp3) is 0.200. The summed E-state index contributed by atoms with van der Waals surface area (Å²) in [4.78, 5) is 11.1. The SMILES string of the molecule is Cc1cc(C)cc(C(=O)C=N)c1. The molecule has 0 atom stereocenters. The van der Waals surface area contributed by atoms with Crippen molar-refractivity contribution in [2.75, 3.05) is 0 Å². The topological polar surface area (TPSA) is 40.9 Å². The van der Waals surface area contributed by atoms with Gasteiger partial charge in [-0.15, -0.1) is 0 Å². The van der Waals surface area contributed by atoms with E-state index < -0.39 is 0 Å². The largest absolute Gasteiger partial charge is 0.305 e. The third kappa shape index (κ3) is 1.78. The van der Waals surface area contributed by atoms with Gasteiger partial charge in [-0.3, -0.25) is 4.79 Å². The highest BCUT2D eigenvalue weighted by molar-refractivity contribution is 6.34. The summed E-state index contributed by atoms with van der Waals surface area (Å²) in [6.45, 7) is 3.88. The Morgan fingerprint density at radius 2 is 1.75 bits per heavy atom. The van der Waals surface area contributed by atoms with Gasteiger partial charge in [-0.25, -0.2) is 0 Å². The van der Waals surface area contributed by atoms with Crippen LogP contribution in [0.1, 0.15) is 21.5 Å². The molecule has 62 valence electrons. The Bertz CT molecular complexity index is 308. The molecule has 0 saturated carbocycles. The number of rotatable bonds is 2. The highest BCUT2D eigenvalue weighted by Gasteiger charge is 2.02. The van der Waals surface area contributed by atoms with Crippen molar-refractivity contribution in [3.63, 3.8) is 0 Å². The zero-order chi connectivity index (χ0) is 9.14. The van der Waals surface area contributed by atoms with Crippen LogP contribution in [0.3, 0.4) is 0 Å². The molecule has 0 bridgehead atoms. The molecule has 0 aliphatic carbocycles. The van der Waals surface area contributed by atoms with Gasteiger partial charge in [-0.05, 0) is 26.0 Å². The van der Waals surface area contributed by atoms with Gasteiger partial charge in [-0.2, -0.15) is 0 Å². The van der Waals surface area contributed by atoms with E-state index in [9.17, 15) is 4.79 Å². The van der Waals surface area contributed by atoms with Gasteiger partial charge in [0.1, 0.15) is 0 Å². The second-order valence-electron chi connectivity index (χ2n) is 2.88. The first-order valence-electron chi connectivity index (χ1n) is 3.76. The van der Waals surface area contributed by atoms with Crippen molar-refractivity contribution < 1.29 is 4.79 Å². The Balaban J connectivity index is 3.17. The van der Waals surface area contributed by atoms with Crippen molar-refractivity contribution in [1.82, 2.24) is 0 Å². The Morgan fingerprint density at radius 1 is 1.25 bits per heavy atom. The lowest BCUT2D eigenvalue weighted by molar-refractivity contribution is 0.107. The second-order valence-corrected chi connectivity index (χ2v) is 2.88. The van der Waals surface area contributed by atoms with Crippen LogP contribution in [0.15, 0.2) is 18.2 Å². The van der Waals surface area contributed by atoms with Crippen molar-refractivity contribution in [3.05, 3.63) is 34.9 Å². The molecule has 0 aliphatic rings. The van der Waals surface area contributed by atoms with Crippen molar-refractivity contribution >= 4 is 12.0 Å². The molecule has 0 aliphatic heterocycles. The summed E-state index contributed by atoms with van der Waals surface area (Å²) in [6.07, 6.45) is 0.841. The van der Waals surface area contributed by atoms with Gasteiger partial charge in [0.05, 0.1) is 6.21 Å². The van der Waals surface area contributed by atoms with E-state index in [1.807, 2.05) is 19.9 Å². The van der Waals surface area contributed by atoms with E-state index in [-0.39, 0.29) is 5.78 Å². The molecule has 0 saturated heterocycles. The zero-order valence-electron chi connectivity index (χ0n) is 7.22. The zero-order valence-corrected chi connectivity index (χ0v) is 7.22. The molecule has 12 heavy (non-hydrogen) atoms. The molecule has 1 N–H and O–H groups in total. The highest BCUT2D eigenvalue weighted by atomic mass is 16.1. The number of Topliss-reactive ketones (excluding diaryl/α,β-unsaturated/α-hetero) is 1. The second kappa shape index (κ2) is 3.30. The third-order valence-corrected chi connectivity index (χ3v) is 1.64. The number of nitrogens with one attached hydrogen (secondary N) is 1. The number of aryl methyl sites for hydroxylation is 2. The van der Waals surface area contributed by atoms with Crippen LogP contribution in [0.4, 0.5) is 0 Å². The van der Waals surface area contributed by atoms with Crippen molar-refractivity contribution in [1.29, 1.82) is 5.41 Å². The number of carbonyl (C=O) groups excluding carboxylic acids is 1. The molecule has 1 rings (SSSR count). The summed E-state index contributed by atoms with van der Waals surface area (Å²) in [6, 6.07) is 5.58. The fourth-order valence-corrected chi connectivity index (χ4v) is 1.20. The van der Waals surface area contributed by atoms with E-state index in [2.05, 4.69) is 0 Å². The molecule has 0 radical (unpaired) electrons. The number of hydrogen-bond acceptors (Lipinski definition) is 2. The van der Waals surface area contributed by atoms with E-state index in [1.165, 1.54) is 0 Å². The van der Waals surface area contributed by atoms with E-state index >= 15 is 0 Å². The molecule has 0 aromatic heterocycles. The lowest BCUT2D eigenvalue weighted by Gasteiger charge is -1.99. The van der Waals surface area contributed by atoms with E-state index in [1.54, 1.807) is 12.1 Å². The molecule has 0 spiro atoms. The number of carbonyl (C=O) groups is 1. The summed E-state index contributed by atoms with van der Waals surface area (Å²) in [5, 5.41) is 6.81. The van der Waals surface area contributed by atoms with Gasteiger partial charge in [0.2, 0.25) is 5.78 Å². The minimum absolute atomic E-state index is 0.234. The van der Waals surface area contributed by atoms with Crippen molar-refractivity contribution in [2.24, 2.45) is 0 Å². The van der Waals surface area contributed by atoms with E-state index in [4.69, 9.17) is 5.41 Å². The van der Waals surface area contributed by atoms with Crippen LogP contribution >= 0.6 is 0 Å². The smallest absolute Gasteiger partial charge is 0.203 e.